The molecule has 1 aromatic carbocycles. The number of rotatable bonds is 2. The average Bonchev–Trinajstić information content (AvgIpc) is 2.61. The van der Waals surface area contributed by atoms with Gasteiger partial charge < -0.3 is 10.8 Å². The molecule has 0 radical (unpaired) electrons. The molecule has 2 aromatic rings. The van der Waals surface area contributed by atoms with Crippen LogP contribution in [0.15, 0.2) is 18.2 Å². The average molecular weight is 362 g/mol. The summed E-state index contributed by atoms with van der Waals surface area (Å²) in [5, 5.41) is 19.4. The van der Waals surface area contributed by atoms with E-state index in [1.807, 2.05) is 6.07 Å². The number of halogens is 3. The zero-order valence-corrected chi connectivity index (χ0v) is 13.8. The van der Waals surface area contributed by atoms with E-state index in [4.69, 9.17) is 5.73 Å². The highest BCUT2D eigenvalue weighted by Crippen LogP contribution is 2.38. The number of hydrogen-bond donors (Lipinski definition) is 2. The van der Waals surface area contributed by atoms with Gasteiger partial charge in [-0.1, -0.05) is 19.3 Å². The van der Waals surface area contributed by atoms with Crippen molar-refractivity contribution in [2.45, 2.75) is 44.2 Å². The molecular weight excluding hydrogens is 345 g/mol. The van der Waals surface area contributed by atoms with Crippen molar-refractivity contribution in [3.05, 3.63) is 35.0 Å². The van der Waals surface area contributed by atoms with Gasteiger partial charge in [-0.15, -0.1) is 0 Å². The molecule has 5 nitrogen and oxygen atoms in total. The lowest BCUT2D eigenvalue weighted by Gasteiger charge is -2.22. The fourth-order valence-electron chi connectivity index (χ4n) is 3.29. The van der Waals surface area contributed by atoms with E-state index in [0.717, 1.165) is 50.3 Å². The van der Waals surface area contributed by atoms with Gasteiger partial charge in [-0.25, -0.2) is 9.97 Å². The molecule has 0 amide bonds. The third kappa shape index (κ3) is 3.43. The van der Waals surface area contributed by atoms with E-state index in [1.54, 1.807) is 0 Å². The molecule has 0 unspecified atom stereocenters. The highest BCUT2D eigenvalue weighted by atomic mass is 19.4. The Kier molecular flexibility index (Phi) is 4.72. The van der Waals surface area contributed by atoms with Crippen LogP contribution in [0.1, 0.15) is 54.8 Å². The highest BCUT2D eigenvalue weighted by molar-refractivity contribution is 5.68. The van der Waals surface area contributed by atoms with E-state index in [0.29, 0.717) is 5.69 Å². The molecular formula is C18H17F3N4O. The summed E-state index contributed by atoms with van der Waals surface area (Å²) >= 11 is 0. The fourth-order valence-corrected chi connectivity index (χ4v) is 3.29. The van der Waals surface area contributed by atoms with Crippen LogP contribution in [0.4, 0.5) is 19.0 Å². The van der Waals surface area contributed by atoms with Crippen LogP contribution in [-0.2, 0) is 6.18 Å². The van der Waals surface area contributed by atoms with Crippen molar-refractivity contribution in [2.24, 2.45) is 0 Å². The van der Waals surface area contributed by atoms with Gasteiger partial charge in [0.2, 0.25) is 0 Å². The molecule has 1 fully saturated rings. The first kappa shape index (κ1) is 18.0. The topological polar surface area (TPSA) is 95.8 Å². The van der Waals surface area contributed by atoms with Crippen molar-refractivity contribution < 1.29 is 18.3 Å². The summed E-state index contributed by atoms with van der Waals surface area (Å²) in [5.74, 6) is -0.562. The molecule has 1 saturated carbocycles. The summed E-state index contributed by atoms with van der Waals surface area (Å²) in [5.41, 5.74) is 5.40. The minimum atomic E-state index is -4.56. The van der Waals surface area contributed by atoms with Gasteiger partial charge in [-0.05, 0) is 31.0 Å². The summed E-state index contributed by atoms with van der Waals surface area (Å²) in [6.45, 7) is 0. The summed E-state index contributed by atoms with van der Waals surface area (Å²) in [7, 11) is 0. The lowest BCUT2D eigenvalue weighted by atomic mass is 9.85. The third-order valence-corrected chi connectivity index (χ3v) is 4.63. The Bertz CT molecular complexity index is 868. The number of aromatic hydroxyl groups is 1. The van der Waals surface area contributed by atoms with Crippen LogP contribution in [0, 0.1) is 11.3 Å². The number of nitrogens with two attached hydrogens (primary N) is 1. The van der Waals surface area contributed by atoms with Crippen LogP contribution in [-0.4, -0.2) is 15.1 Å². The predicted molar refractivity (Wildman–Crippen MR) is 89.1 cm³/mol. The number of phenols is 1. The van der Waals surface area contributed by atoms with Crippen molar-refractivity contribution in [2.75, 3.05) is 5.73 Å². The Hall–Kier alpha value is -2.82. The Morgan fingerprint density at radius 1 is 1.15 bits per heavy atom. The smallest absolute Gasteiger partial charge is 0.416 e. The molecule has 0 aliphatic heterocycles. The molecule has 0 spiro atoms. The maximum absolute atomic E-state index is 13.0. The minimum Gasteiger partial charge on any atom is -0.507 e. The van der Waals surface area contributed by atoms with E-state index < -0.39 is 11.7 Å². The molecule has 136 valence electrons. The molecule has 1 aromatic heterocycles. The minimum absolute atomic E-state index is 0.00962. The number of nitriles is 1. The maximum atomic E-state index is 13.0. The molecule has 0 bridgehead atoms. The van der Waals surface area contributed by atoms with E-state index in [1.165, 1.54) is 0 Å². The molecule has 1 aliphatic carbocycles. The number of phenolic OH excluding ortho intramolecular Hbond substituents is 1. The molecule has 3 N–H and O–H groups in total. The first-order valence-corrected chi connectivity index (χ1v) is 8.29. The first-order valence-electron chi connectivity index (χ1n) is 8.29. The van der Waals surface area contributed by atoms with Gasteiger partial charge in [-0.2, -0.15) is 18.4 Å². The summed E-state index contributed by atoms with van der Waals surface area (Å²) < 4.78 is 39.0. The van der Waals surface area contributed by atoms with Crippen molar-refractivity contribution in [1.82, 2.24) is 9.97 Å². The summed E-state index contributed by atoms with van der Waals surface area (Å²) in [4.78, 5) is 8.31. The van der Waals surface area contributed by atoms with Crippen molar-refractivity contribution in [3.63, 3.8) is 0 Å². The normalized spacial score (nSPS) is 15.6. The van der Waals surface area contributed by atoms with E-state index in [9.17, 15) is 23.5 Å². The van der Waals surface area contributed by atoms with E-state index >= 15 is 0 Å². The molecule has 26 heavy (non-hydrogen) atoms. The Morgan fingerprint density at radius 3 is 2.46 bits per heavy atom. The third-order valence-electron chi connectivity index (χ3n) is 4.63. The van der Waals surface area contributed by atoms with Gasteiger partial charge in [-0.3, -0.25) is 0 Å². The molecule has 0 saturated heterocycles. The Labute approximate surface area is 148 Å². The van der Waals surface area contributed by atoms with Crippen LogP contribution in [0.5, 0.6) is 5.75 Å². The van der Waals surface area contributed by atoms with Crippen LogP contribution in [0.2, 0.25) is 0 Å². The Balaban J connectivity index is 2.15. The number of aromatic nitrogens is 2. The second kappa shape index (κ2) is 6.83. The lowest BCUT2D eigenvalue weighted by Crippen LogP contribution is -2.13. The van der Waals surface area contributed by atoms with Crippen molar-refractivity contribution in [3.8, 4) is 23.2 Å². The number of anilines is 1. The lowest BCUT2D eigenvalue weighted by molar-refractivity contribution is -0.137. The van der Waals surface area contributed by atoms with Gasteiger partial charge >= 0.3 is 6.18 Å². The standard InChI is InChI=1S/C18H17F3N4O/c19-18(20,21)11-6-7-14(26)12(8-11)17-24-15(10-4-2-1-3-5-10)13(9-22)16(23)25-17/h6-8,10,26H,1-5H2,(H2,23,24,25). The summed E-state index contributed by atoms with van der Waals surface area (Å²) in [6, 6.07) is 4.53. The molecule has 1 aliphatic rings. The number of alkyl halides is 3. The molecule has 0 atom stereocenters. The molecule has 3 rings (SSSR count). The van der Waals surface area contributed by atoms with Crippen molar-refractivity contribution in [1.29, 1.82) is 5.26 Å². The first-order chi connectivity index (χ1) is 12.3. The second-order valence-electron chi connectivity index (χ2n) is 6.37. The monoisotopic (exact) mass is 362 g/mol. The van der Waals surface area contributed by atoms with Gasteiger partial charge in [0.1, 0.15) is 23.2 Å². The van der Waals surface area contributed by atoms with Crippen LogP contribution in [0.25, 0.3) is 11.4 Å². The fraction of sp³-hybridized carbons (Fsp3) is 0.389. The van der Waals surface area contributed by atoms with Crippen molar-refractivity contribution >= 4 is 5.82 Å². The zero-order valence-electron chi connectivity index (χ0n) is 13.8. The second-order valence-corrected chi connectivity index (χ2v) is 6.37. The van der Waals surface area contributed by atoms with Gasteiger partial charge in [0.25, 0.3) is 0 Å². The summed E-state index contributed by atoms with van der Waals surface area (Å²) in [6.07, 6.45) is 0.179. The quantitative estimate of drug-likeness (QED) is 0.827. The van der Waals surface area contributed by atoms with E-state index in [2.05, 4.69) is 9.97 Å². The molecule has 8 heteroatoms. The largest absolute Gasteiger partial charge is 0.507 e. The van der Waals surface area contributed by atoms with Crippen LogP contribution in [0.3, 0.4) is 0 Å². The Morgan fingerprint density at radius 2 is 1.85 bits per heavy atom. The van der Waals surface area contributed by atoms with Gasteiger partial charge in [0.05, 0.1) is 16.8 Å². The highest BCUT2D eigenvalue weighted by Gasteiger charge is 2.32. The number of hydrogen-bond acceptors (Lipinski definition) is 5. The number of nitrogen functional groups attached to an aromatic ring is 1. The molecule has 1 heterocycles. The SMILES string of the molecule is N#Cc1c(N)nc(-c2cc(C(F)(F)F)ccc2O)nc1C1CCCCC1. The number of nitrogens with zero attached hydrogens (tertiary/aromatic N) is 3. The van der Waals surface area contributed by atoms with Gasteiger partial charge in [0.15, 0.2) is 5.82 Å². The maximum Gasteiger partial charge on any atom is 0.416 e. The van der Waals surface area contributed by atoms with E-state index in [-0.39, 0.29) is 34.4 Å². The van der Waals surface area contributed by atoms with Crippen LogP contribution >= 0.6 is 0 Å². The zero-order chi connectivity index (χ0) is 18.9. The predicted octanol–water partition coefficient (Wildman–Crippen LogP) is 4.37. The van der Waals surface area contributed by atoms with Gasteiger partial charge in [0, 0.05) is 5.92 Å². The van der Waals surface area contributed by atoms with Crippen LogP contribution < -0.4 is 5.73 Å². The number of benzene rings is 1.